The molecule has 0 saturated heterocycles. The van der Waals surface area contributed by atoms with Gasteiger partial charge in [-0.2, -0.15) is 0 Å². The van der Waals surface area contributed by atoms with E-state index in [-0.39, 0.29) is 0 Å². The van der Waals surface area contributed by atoms with Crippen LogP contribution in [0.5, 0.6) is 5.75 Å². The zero-order chi connectivity index (χ0) is 17.8. The number of rotatable bonds is 6. The van der Waals surface area contributed by atoms with Crippen LogP contribution in [0.4, 0.5) is 0 Å². The van der Waals surface area contributed by atoms with E-state index in [0.717, 1.165) is 46.4 Å². The highest BCUT2D eigenvalue weighted by Gasteiger charge is 2.13. The molecule has 4 rings (SSSR count). The van der Waals surface area contributed by atoms with Crippen molar-refractivity contribution in [2.45, 2.75) is 13.0 Å². The third kappa shape index (κ3) is 3.36. The molecule has 130 valence electrons. The molecule has 0 saturated carbocycles. The molecule has 0 aliphatic heterocycles. The lowest BCUT2D eigenvalue weighted by atomic mass is 10.1. The number of methoxy groups -OCH3 is 1. The molecule has 0 radical (unpaired) electrons. The Morgan fingerprint density at radius 3 is 2.77 bits per heavy atom. The normalized spacial score (nSPS) is 10.8. The standard InChI is InChI=1S/C20H18N4OS/c1-25-18-6-5-15(14-17(18)20-23-10-13-26-20)19-22-9-12-24(19)11-7-16-4-2-3-8-21-16/h2-6,8-10,12-14H,7,11H2,1H3. The minimum atomic E-state index is 0.815. The van der Waals surface area contributed by atoms with E-state index in [9.17, 15) is 0 Å². The minimum Gasteiger partial charge on any atom is -0.496 e. The second-order valence-electron chi connectivity index (χ2n) is 5.77. The van der Waals surface area contributed by atoms with E-state index in [1.165, 1.54) is 0 Å². The Labute approximate surface area is 156 Å². The van der Waals surface area contributed by atoms with E-state index in [0.29, 0.717) is 0 Å². The van der Waals surface area contributed by atoms with Crippen LogP contribution in [-0.2, 0) is 13.0 Å². The van der Waals surface area contributed by atoms with Gasteiger partial charge in [-0.3, -0.25) is 4.98 Å². The number of aryl methyl sites for hydroxylation is 2. The number of nitrogens with zero attached hydrogens (tertiary/aromatic N) is 4. The first-order valence-corrected chi connectivity index (χ1v) is 9.22. The zero-order valence-corrected chi connectivity index (χ0v) is 15.2. The van der Waals surface area contributed by atoms with Gasteiger partial charge in [0.1, 0.15) is 16.6 Å². The van der Waals surface area contributed by atoms with Crippen LogP contribution in [0.3, 0.4) is 0 Å². The monoisotopic (exact) mass is 362 g/mol. The van der Waals surface area contributed by atoms with Gasteiger partial charge in [0.15, 0.2) is 0 Å². The van der Waals surface area contributed by atoms with Gasteiger partial charge in [-0.05, 0) is 30.3 Å². The summed E-state index contributed by atoms with van der Waals surface area (Å²) in [6, 6.07) is 12.1. The Balaban J connectivity index is 1.64. The number of hydrogen-bond donors (Lipinski definition) is 0. The molecule has 5 nitrogen and oxygen atoms in total. The molecular weight excluding hydrogens is 344 g/mol. The Morgan fingerprint density at radius 2 is 2.00 bits per heavy atom. The number of pyridine rings is 1. The van der Waals surface area contributed by atoms with Gasteiger partial charge in [0, 0.05) is 54.4 Å². The van der Waals surface area contributed by atoms with Gasteiger partial charge in [0.25, 0.3) is 0 Å². The van der Waals surface area contributed by atoms with E-state index in [2.05, 4.69) is 25.6 Å². The number of thiazole rings is 1. The first-order valence-electron chi connectivity index (χ1n) is 8.34. The molecule has 0 unspecified atom stereocenters. The molecule has 3 aromatic heterocycles. The fraction of sp³-hybridized carbons (Fsp3) is 0.150. The fourth-order valence-electron chi connectivity index (χ4n) is 2.90. The SMILES string of the molecule is COc1ccc(-c2nccn2CCc2ccccn2)cc1-c1nccs1. The highest BCUT2D eigenvalue weighted by atomic mass is 32.1. The predicted molar refractivity (Wildman–Crippen MR) is 103 cm³/mol. The summed E-state index contributed by atoms with van der Waals surface area (Å²) in [5.41, 5.74) is 3.10. The van der Waals surface area contributed by atoms with Crippen molar-refractivity contribution in [2.24, 2.45) is 0 Å². The number of aromatic nitrogens is 4. The smallest absolute Gasteiger partial charge is 0.139 e. The molecule has 0 aliphatic rings. The summed E-state index contributed by atoms with van der Waals surface area (Å²) >= 11 is 1.60. The van der Waals surface area contributed by atoms with Crippen LogP contribution in [0.1, 0.15) is 5.69 Å². The molecule has 3 heterocycles. The summed E-state index contributed by atoms with van der Waals surface area (Å²) in [7, 11) is 1.68. The number of ether oxygens (including phenoxy) is 1. The van der Waals surface area contributed by atoms with E-state index in [1.54, 1.807) is 24.6 Å². The first kappa shape index (κ1) is 16.5. The number of benzene rings is 1. The maximum atomic E-state index is 5.51. The summed E-state index contributed by atoms with van der Waals surface area (Å²) in [6.45, 7) is 0.824. The largest absolute Gasteiger partial charge is 0.496 e. The molecule has 4 aromatic rings. The molecule has 0 aliphatic carbocycles. The summed E-state index contributed by atoms with van der Waals surface area (Å²) in [5.74, 6) is 1.75. The van der Waals surface area contributed by atoms with Crippen LogP contribution in [-0.4, -0.2) is 26.6 Å². The topological polar surface area (TPSA) is 52.8 Å². The van der Waals surface area contributed by atoms with Crippen molar-refractivity contribution in [3.8, 4) is 27.7 Å². The number of imidazole rings is 1. The van der Waals surface area contributed by atoms with Gasteiger partial charge in [0.05, 0.1) is 12.7 Å². The van der Waals surface area contributed by atoms with Crippen LogP contribution in [0.25, 0.3) is 22.0 Å². The van der Waals surface area contributed by atoms with Crippen LogP contribution >= 0.6 is 11.3 Å². The molecule has 26 heavy (non-hydrogen) atoms. The third-order valence-corrected chi connectivity index (χ3v) is 4.98. The summed E-state index contributed by atoms with van der Waals surface area (Å²) in [5, 5.41) is 2.91. The maximum absolute atomic E-state index is 5.51. The average molecular weight is 362 g/mol. The molecule has 1 aromatic carbocycles. The Bertz CT molecular complexity index is 980. The molecule has 0 atom stereocenters. The first-order chi connectivity index (χ1) is 12.8. The Hall–Kier alpha value is -2.99. The van der Waals surface area contributed by atoms with Gasteiger partial charge in [-0.1, -0.05) is 6.07 Å². The second kappa shape index (κ2) is 7.49. The molecule has 0 amide bonds. The predicted octanol–water partition coefficient (Wildman–Crippen LogP) is 4.32. The second-order valence-corrected chi connectivity index (χ2v) is 6.66. The van der Waals surface area contributed by atoms with E-state index in [4.69, 9.17) is 4.74 Å². The zero-order valence-electron chi connectivity index (χ0n) is 14.4. The Kier molecular flexibility index (Phi) is 4.75. The molecule has 0 fully saturated rings. The van der Waals surface area contributed by atoms with Crippen molar-refractivity contribution in [3.05, 3.63) is 72.3 Å². The molecule has 0 N–H and O–H groups in total. The molecule has 0 bridgehead atoms. The lowest BCUT2D eigenvalue weighted by molar-refractivity contribution is 0.416. The highest BCUT2D eigenvalue weighted by Crippen LogP contribution is 2.34. The van der Waals surface area contributed by atoms with E-state index in [1.807, 2.05) is 54.3 Å². The van der Waals surface area contributed by atoms with Gasteiger partial charge in [-0.25, -0.2) is 9.97 Å². The highest BCUT2D eigenvalue weighted by molar-refractivity contribution is 7.13. The van der Waals surface area contributed by atoms with Gasteiger partial charge >= 0.3 is 0 Å². The lowest BCUT2D eigenvalue weighted by Crippen LogP contribution is -2.03. The van der Waals surface area contributed by atoms with E-state index < -0.39 is 0 Å². The summed E-state index contributed by atoms with van der Waals surface area (Å²) in [6.07, 6.45) is 8.33. The van der Waals surface area contributed by atoms with Crippen molar-refractivity contribution in [3.63, 3.8) is 0 Å². The third-order valence-electron chi connectivity index (χ3n) is 4.17. The lowest BCUT2D eigenvalue weighted by Gasteiger charge is -2.11. The fourth-order valence-corrected chi connectivity index (χ4v) is 3.56. The van der Waals surface area contributed by atoms with Crippen LogP contribution in [0, 0.1) is 0 Å². The minimum absolute atomic E-state index is 0.815. The summed E-state index contributed by atoms with van der Waals surface area (Å²) < 4.78 is 7.66. The molecular formula is C20H18N4OS. The van der Waals surface area contributed by atoms with Gasteiger partial charge < -0.3 is 9.30 Å². The van der Waals surface area contributed by atoms with Crippen molar-refractivity contribution in [2.75, 3.05) is 7.11 Å². The van der Waals surface area contributed by atoms with Gasteiger partial charge in [-0.15, -0.1) is 11.3 Å². The quantitative estimate of drug-likeness (QED) is 0.513. The van der Waals surface area contributed by atoms with Crippen molar-refractivity contribution in [1.82, 2.24) is 19.5 Å². The van der Waals surface area contributed by atoms with Crippen molar-refractivity contribution in [1.29, 1.82) is 0 Å². The van der Waals surface area contributed by atoms with Crippen LogP contribution in [0.2, 0.25) is 0 Å². The summed E-state index contributed by atoms with van der Waals surface area (Å²) in [4.78, 5) is 13.4. The number of hydrogen-bond acceptors (Lipinski definition) is 5. The molecule has 0 spiro atoms. The van der Waals surface area contributed by atoms with Crippen molar-refractivity contribution < 1.29 is 4.74 Å². The van der Waals surface area contributed by atoms with Crippen molar-refractivity contribution >= 4 is 11.3 Å². The average Bonchev–Trinajstić information content (AvgIpc) is 3.38. The van der Waals surface area contributed by atoms with Crippen LogP contribution in [0.15, 0.2) is 66.6 Å². The maximum Gasteiger partial charge on any atom is 0.139 e. The Morgan fingerprint density at radius 1 is 1.04 bits per heavy atom. The van der Waals surface area contributed by atoms with Crippen LogP contribution < -0.4 is 4.74 Å². The van der Waals surface area contributed by atoms with Gasteiger partial charge in [0.2, 0.25) is 0 Å². The van der Waals surface area contributed by atoms with E-state index >= 15 is 0 Å². The molecule has 6 heteroatoms.